The molecule has 2 aromatic carbocycles. The number of hydrogen-bond donors (Lipinski definition) is 2. The van der Waals surface area contributed by atoms with Gasteiger partial charge in [0.25, 0.3) is 0 Å². The highest BCUT2D eigenvalue weighted by Crippen LogP contribution is 2.20. The van der Waals surface area contributed by atoms with Crippen LogP contribution in [0.3, 0.4) is 0 Å². The molecule has 2 rings (SSSR count). The summed E-state index contributed by atoms with van der Waals surface area (Å²) in [6.07, 6.45) is 3.07. The van der Waals surface area contributed by atoms with E-state index in [1.165, 1.54) is 19.2 Å². The highest BCUT2D eigenvalue weighted by molar-refractivity contribution is 9.10. The SMILES string of the molecule is CNS(=O)(=O)c1cc(NC(=O)/C=C/c2ccccc2Br)ccc1C. The van der Waals surface area contributed by atoms with Gasteiger partial charge in [-0.1, -0.05) is 40.2 Å². The molecule has 0 atom stereocenters. The molecule has 0 heterocycles. The number of aryl methyl sites for hydroxylation is 1. The minimum Gasteiger partial charge on any atom is -0.322 e. The van der Waals surface area contributed by atoms with E-state index in [9.17, 15) is 13.2 Å². The molecule has 0 aliphatic carbocycles. The average Bonchev–Trinajstić information content (AvgIpc) is 2.55. The third kappa shape index (κ3) is 4.53. The Morgan fingerprint density at radius 1 is 1.17 bits per heavy atom. The van der Waals surface area contributed by atoms with Gasteiger partial charge in [0.2, 0.25) is 15.9 Å². The molecule has 7 heteroatoms. The van der Waals surface area contributed by atoms with Crippen molar-refractivity contribution in [3.63, 3.8) is 0 Å². The summed E-state index contributed by atoms with van der Waals surface area (Å²) in [6, 6.07) is 12.3. The van der Waals surface area contributed by atoms with Crippen LogP contribution >= 0.6 is 15.9 Å². The number of nitrogens with one attached hydrogen (secondary N) is 2. The van der Waals surface area contributed by atoms with E-state index < -0.39 is 10.0 Å². The molecule has 0 bridgehead atoms. The van der Waals surface area contributed by atoms with E-state index in [0.717, 1.165) is 10.0 Å². The molecule has 0 saturated heterocycles. The van der Waals surface area contributed by atoms with Gasteiger partial charge >= 0.3 is 0 Å². The van der Waals surface area contributed by atoms with E-state index in [0.29, 0.717) is 11.3 Å². The van der Waals surface area contributed by atoms with E-state index in [2.05, 4.69) is 26.0 Å². The van der Waals surface area contributed by atoms with Crippen LogP contribution in [0.4, 0.5) is 5.69 Å². The summed E-state index contributed by atoms with van der Waals surface area (Å²) >= 11 is 3.40. The van der Waals surface area contributed by atoms with Crippen LogP contribution < -0.4 is 10.0 Å². The monoisotopic (exact) mass is 408 g/mol. The number of sulfonamides is 1. The first-order valence-corrected chi connectivity index (χ1v) is 9.39. The number of carbonyl (C=O) groups is 1. The Bertz CT molecular complexity index is 892. The predicted molar refractivity (Wildman–Crippen MR) is 99.2 cm³/mol. The summed E-state index contributed by atoms with van der Waals surface area (Å²) in [5.74, 6) is -0.345. The molecule has 0 aromatic heterocycles. The average molecular weight is 409 g/mol. The summed E-state index contributed by atoms with van der Waals surface area (Å²) < 4.78 is 27.1. The molecular formula is C17H17BrN2O3S. The number of benzene rings is 2. The highest BCUT2D eigenvalue weighted by Gasteiger charge is 2.15. The summed E-state index contributed by atoms with van der Waals surface area (Å²) in [4.78, 5) is 12.2. The van der Waals surface area contributed by atoms with Crippen LogP contribution in [0.15, 0.2) is 57.9 Å². The fourth-order valence-electron chi connectivity index (χ4n) is 2.04. The van der Waals surface area contributed by atoms with Crippen molar-refractivity contribution in [1.82, 2.24) is 4.72 Å². The second-order valence-electron chi connectivity index (χ2n) is 5.03. The van der Waals surface area contributed by atoms with Crippen molar-refractivity contribution >= 4 is 43.6 Å². The van der Waals surface area contributed by atoms with E-state index in [-0.39, 0.29) is 10.8 Å². The number of anilines is 1. The van der Waals surface area contributed by atoms with Crippen molar-refractivity contribution in [2.75, 3.05) is 12.4 Å². The van der Waals surface area contributed by atoms with Gasteiger partial charge in [0.15, 0.2) is 0 Å². The Balaban J connectivity index is 2.18. The maximum atomic E-state index is 12.0. The summed E-state index contributed by atoms with van der Waals surface area (Å²) in [7, 11) is -2.23. The summed E-state index contributed by atoms with van der Waals surface area (Å²) in [5, 5.41) is 2.66. The van der Waals surface area contributed by atoms with Crippen molar-refractivity contribution < 1.29 is 13.2 Å². The molecule has 2 aromatic rings. The van der Waals surface area contributed by atoms with Crippen LogP contribution in [0.25, 0.3) is 6.08 Å². The minimum atomic E-state index is -3.57. The number of carbonyl (C=O) groups excluding carboxylic acids is 1. The lowest BCUT2D eigenvalue weighted by Gasteiger charge is -2.09. The number of hydrogen-bond acceptors (Lipinski definition) is 3. The van der Waals surface area contributed by atoms with Gasteiger partial charge in [-0.15, -0.1) is 0 Å². The molecule has 1 amide bonds. The molecule has 24 heavy (non-hydrogen) atoms. The summed E-state index contributed by atoms with van der Waals surface area (Å²) in [6.45, 7) is 1.70. The quantitative estimate of drug-likeness (QED) is 0.744. The van der Waals surface area contributed by atoms with Gasteiger partial charge in [-0.05, 0) is 49.4 Å². The molecule has 0 saturated carbocycles. The topological polar surface area (TPSA) is 75.3 Å². The van der Waals surface area contributed by atoms with Gasteiger partial charge in [-0.3, -0.25) is 4.79 Å². The fraction of sp³-hybridized carbons (Fsp3) is 0.118. The lowest BCUT2D eigenvalue weighted by atomic mass is 10.2. The van der Waals surface area contributed by atoms with E-state index in [4.69, 9.17) is 0 Å². The first-order chi connectivity index (χ1) is 11.3. The Labute approximate surface area is 150 Å². The first-order valence-electron chi connectivity index (χ1n) is 7.11. The van der Waals surface area contributed by atoms with Crippen LogP contribution in [0.2, 0.25) is 0 Å². The highest BCUT2D eigenvalue weighted by atomic mass is 79.9. The van der Waals surface area contributed by atoms with E-state index in [1.54, 1.807) is 25.1 Å². The molecule has 5 nitrogen and oxygen atoms in total. The second kappa shape index (κ2) is 7.74. The number of halogens is 1. The largest absolute Gasteiger partial charge is 0.322 e. The molecule has 0 fully saturated rings. The Hall–Kier alpha value is -1.96. The summed E-state index contributed by atoms with van der Waals surface area (Å²) in [5.41, 5.74) is 1.89. The molecule has 0 unspecified atom stereocenters. The van der Waals surface area contributed by atoms with E-state index in [1.807, 2.05) is 24.3 Å². The number of rotatable bonds is 5. The van der Waals surface area contributed by atoms with E-state index >= 15 is 0 Å². The Kier molecular flexibility index (Phi) is 5.93. The lowest BCUT2D eigenvalue weighted by molar-refractivity contribution is -0.111. The van der Waals surface area contributed by atoms with Crippen molar-refractivity contribution in [2.24, 2.45) is 0 Å². The lowest BCUT2D eigenvalue weighted by Crippen LogP contribution is -2.20. The third-order valence-corrected chi connectivity index (χ3v) is 5.61. The van der Waals surface area contributed by atoms with Gasteiger partial charge < -0.3 is 5.32 Å². The predicted octanol–water partition coefficient (Wildman–Crippen LogP) is 3.32. The normalized spacial score (nSPS) is 11.6. The van der Waals surface area contributed by atoms with Crippen molar-refractivity contribution in [3.8, 4) is 0 Å². The van der Waals surface area contributed by atoms with Crippen LogP contribution in [0.1, 0.15) is 11.1 Å². The molecule has 2 N–H and O–H groups in total. The zero-order valence-electron chi connectivity index (χ0n) is 13.2. The molecular weight excluding hydrogens is 392 g/mol. The standard InChI is InChI=1S/C17H17BrN2O3S/c1-12-7-9-14(11-16(12)24(22,23)19-2)20-17(21)10-8-13-5-3-4-6-15(13)18/h3-11,19H,1-2H3,(H,20,21)/b10-8+. The molecule has 0 radical (unpaired) electrons. The van der Waals surface area contributed by atoms with Crippen molar-refractivity contribution in [3.05, 3.63) is 64.1 Å². The maximum Gasteiger partial charge on any atom is 0.248 e. The Morgan fingerprint density at radius 3 is 2.54 bits per heavy atom. The molecule has 0 aliphatic rings. The van der Waals surface area contributed by atoms with Gasteiger partial charge in [-0.2, -0.15) is 0 Å². The molecule has 0 spiro atoms. The zero-order chi connectivity index (χ0) is 17.7. The van der Waals surface area contributed by atoms with Gasteiger partial charge in [0.1, 0.15) is 0 Å². The molecule has 126 valence electrons. The molecule has 0 aliphatic heterocycles. The van der Waals surface area contributed by atoms with Crippen LogP contribution in [0.5, 0.6) is 0 Å². The van der Waals surface area contributed by atoms with Gasteiger partial charge in [0, 0.05) is 16.2 Å². The van der Waals surface area contributed by atoms with Gasteiger partial charge in [-0.25, -0.2) is 13.1 Å². The van der Waals surface area contributed by atoms with Crippen LogP contribution in [0, 0.1) is 6.92 Å². The minimum absolute atomic E-state index is 0.137. The van der Waals surface area contributed by atoms with Crippen LogP contribution in [-0.2, 0) is 14.8 Å². The smallest absolute Gasteiger partial charge is 0.248 e. The van der Waals surface area contributed by atoms with Crippen molar-refractivity contribution in [1.29, 1.82) is 0 Å². The Morgan fingerprint density at radius 2 is 1.88 bits per heavy atom. The third-order valence-electron chi connectivity index (χ3n) is 3.33. The van der Waals surface area contributed by atoms with Crippen LogP contribution in [-0.4, -0.2) is 21.4 Å². The van der Waals surface area contributed by atoms with Crippen molar-refractivity contribution in [2.45, 2.75) is 11.8 Å². The maximum absolute atomic E-state index is 12.0. The van der Waals surface area contributed by atoms with Gasteiger partial charge in [0.05, 0.1) is 4.90 Å². The fourth-order valence-corrected chi connectivity index (χ4v) is 3.45. The first kappa shape index (κ1) is 18.4. The zero-order valence-corrected chi connectivity index (χ0v) is 15.6. The second-order valence-corrected chi connectivity index (χ2v) is 7.74. The number of amides is 1.